The number of carboxylic acid groups (broad SMARTS) is 3. The maximum Gasteiger partial charge on any atom is 0.326 e. The van der Waals surface area contributed by atoms with Crippen molar-refractivity contribution in [3.8, 4) is 5.75 Å². The van der Waals surface area contributed by atoms with E-state index in [-0.39, 0.29) is 82.5 Å². The summed E-state index contributed by atoms with van der Waals surface area (Å²) < 4.78 is 0. The van der Waals surface area contributed by atoms with E-state index in [1.165, 1.54) is 38.1 Å². The number of carboxylic acids is 3. The van der Waals surface area contributed by atoms with Gasteiger partial charge in [0, 0.05) is 19.3 Å². The fourth-order valence-corrected chi connectivity index (χ4v) is 11.1. The van der Waals surface area contributed by atoms with Crippen molar-refractivity contribution in [3.05, 3.63) is 29.8 Å². The average molecular weight is 1700 g/mol. The number of carbonyl (C=O) groups excluding carboxylic acids is 15. The van der Waals surface area contributed by atoms with Crippen LogP contribution in [0.4, 0.5) is 0 Å². The van der Waals surface area contributed by atoms with Gasteiger partial charge in [0.15, 0.2) is 0 Å². The Bertz CT molecular complexity index is 3560. The molecule has 0 bridgehead atoms. The highest BCUT2D eigenvalue weighted by Gasteiger charge is 2.40. The van der Waals surface area contributed by atoms with Crippen LogP contribution < -0.4 is 97.0 Å². The molecule has 0 unspecified atom stereocenters. The number of aliphatic carboxylic acids is 3. The Hall–Kier alpha value is -10.9. The number of aromatic hydroxyl groups is 1. The van der Waals surface area contributed by atoms with Gasteiger partial charge in [0.05, 0.1) is 57.8 Å². The first-order valence-corrected chi connectivity index (χ1v) is 38.4. The zero-order valence-electron chi connectivity index (χ0n) is 67.5. The minimum atomic E-state index is -2.04. The highest BCUT2D eigenvalue weighted by atomic mass is 16.4. The monoisotopic (exact) mass is 1700 g/mol. The van der Waals surface area contributed by atoms with E-state index in [2.05, 4.69) is 79.8 Å². The fourth-order valence-electron chi connectivity index (χ4n) is 11.1. The van der Waals surface area contributed by atoms with Gasteiger partial charge in [-0.15, -0.1) is 0 Å². The van der Waals surface area contributed by atoms with E-state index < -0.39 is 280 Å². The average Bonchev–Trinajstić information content (AvgIpc) is 0.852. The lowest BCUT2D eigenvalue weighted by Gasteiger charge is -2.29. The molecule has 0 aliphatic heterocycles. The maximum absolute atomic E-state index is 14.1. The first-order valence-electron chi connectivity index (χ1n) is 38.4. The normalized spacial score (nSPS) is 15.5. The number of unbranched alkanes of at least 4 members (excludes halogenated alkanes) is 2. The molecule has 0 aliphatic carbocycles. The van der Waals surface area contributed by atoms with Gasteiger partial charge in [-0.1, -0.05) is 53.7 Å². The summed E-state index contributed by atoms with van der Waals surface area (Å²) in [5.74, 6) is -23.8. The van der Waals surface area contributed by atoms with Crippen LogP contribution in [0.1, 0.15) is 132 Å². The second-order valence-electron chi connectivity index (χ2n) is 29.1. The Kier molecular flexibility index (Phi) is 49.0. The number of phenols is 1. The van der Waals surface area contributed by atoms with Crippen molar-refractivity contribution in [1.29, 1.82) is 0 Å². The van der Waals surface area contributed by atoms with E-state index >= 15 is 0 Å². The third-order valence-electron chi connectivity index (χ3n) is 17.9. The number of rotatable bonds is 58. The van der Waals surface area contributed by atoms with E-state index in [4.69, 9.17) is 22.3 Å². The van der Waals surface area contributed by atoms with Gasteiger partial charge in [-0.25, -0.2) is 4.79 Å². The smallest absolute Gasteiger partial charge is 0.326 e. The van der Waals surface area contributed by atoms with E-state index in [1.807, 2.05) is 0 Å². The van der Waals surface area contributed by atoms with Crippen molar-refractivity contribution in [2.24, 2.45) is 35.0 Å². The molecule has 1 rings (SSSR count). The van der Waals surface area contributed by atoms with Gasteiger partial charge in [0.25, 0.3) is 0 Å². The quantitative estimate of drug-likeness (QED) is 0.0269. The number of nitrogens with two attached hydrogens (primary N) is 3. The highest BCUT2D eigenvalue weighted by molar-refractivity contribution is 6.01. The number of carbonyl (C=O) groups is 18. The van der Waals surface area contributed by atoms with Crippen LogP contribution in [0.15, 0.2) is 24.3 Å². The SMILES string of the molecule is CC(C)C[C@H](NC(=O)[C@@H](NC(=O)[C@H](Cc1ccc(O)cc1)NC(=O)[C@H](CO)NC(=O)[C@@H](NC(=O)[C@H](CO)NC(=O)[C@@H](NC(=O)[C@H](CO)NC(=O)[C@H](CCCCN)NC(=O)[C@@H](NC(=O)[C@H](CO)NC(=O)[C@H](CCCCN)NC(=O)[C@H](CCC(=O)O)NC(=O)CNC(=O)[C@H](CO)NC(=O)[C@@H](N)CCC(=O)O)[C@@H](C)O)C(C)C)[C@@H](C)O)C(C)C)C(=O)O. The Labute approximate surface area is 684 Å². The molecule has 0 radical (unpaired) electrons. The highest BCUT2D eigenvalue weighted by Crippen LogP contribution is 2.16. The predicted molar refractivity (Wildman–Crippen MR) is 415 cm³/mol. The summed E-state index contributed by atoms with van der Waals surface area (Å²) in [5.41, 5.74) is 17.3. The molecule has 672 valence electrons. The standard InChI is InChI=1S/C72H120N18O29/c1-33(2)25-45(72(118)119)81-68(114)54(34(3)4)87-63(109)44(26-38-15-17-39(98)18-16-38)80-64(110)47(29-92)86-71(117)57(37(8)97)90-67(113)50(32-95)85-69(115)55(35(5)6)88-65(111)48(30-93)83-61(107)42(14-10-12-24-74)79-70(116)56(36(7)96)89-66(112)49(31-94)84-60(106)41(13-9-11-23-73)78-62(108)43(20-22-53(102)103)77-51(99)27-76-59(105)46(28-91)82-58(104)40(75)19-21-52(100)101/h15-18,33-37,40-50,54-57,91-98H,9-14,19-32,73-75H2,1-8H3,(H,76,105)(H,77,99)(H,78,108)(H,79,116)(H,80,110)(H,81,114)(H,82,104)(H,83,107)(H,84,106)(H,85,115)(H,86,117)(H,87,109)(H,88,111)(H,89,112)(H,90,113)(H,100,101)(H,102,103)(H,118,119)/t36-,37-,40+,41+,42+,43+,44+,45+,46+,47+,48+,49+,50+,54+,55+,56+,57+/m1/s1. The van der Waals surface area contributed by atoms with Crippen molar-refractivity contribution in [3.63, 3.8) is 0 Å². The molecule has 47 heteroatoms. The molecule has 15 amide bonds. The first-order chi connectivity index (χ1) is 55.8. The second kappa shape index (κ2) is 55.0. The Morgan fingerprint density at radius 2 is 0.647 bits per heavy atom. The molecule has 0 heterocycles. The minimum absolute atomic E-state index is 0.0389. The molecule has 0 fully saturated rings. The number of hydrogen-bond donors (Lipinski definition) is 29. The molecule has 1 aromatic carbocycles. The zero-order valence-corrected chi connectivity index (χ0v) is 67.5. The number of benzene rings is 1. The summed E-state index contributed by atoms with van der Waals surface area (Å²) in [7, 11) is 0. The van der Waals surface area contributed by atoms with Crippen LogP contribution in [0.25, 0.3) is 0 Å². The van der Waals surface area contributed by atoms with E-state index in [1.54, 1.807) is 27.7 Å². The van der Waals surface area contributed by atoms with Crippen LogP contribution in [0.2, 0.25) is 0 Å². The number of aliphatic hydroxyl groups excluding tert-OH is 7. The molecule has 0 aromatic heterocycles. The van der Waals surface area contributed by atoms with Crippen LogP contribution in [-0.4, -0.2) is 318 Å². The molecule has 119 heavy (non-hydrogen) atoms. The van der Waals surface area contributed by atoms with Crippen LogP contribution in [0.5, 0.6) is 5.75 Å². The van der Waals surface area contributed by atoms with Gasteiger partial charge < -0.3 is 153 Å². The van der Waals surface area contributed by atoms with Gasteiger partial charge >= 0.3 is 17.9 Å². The van der Waals surface area contributed by atoms with Crippen molar-refractivity contribution >= 4 is 107 Å². The summed E-state index contributed by atoms with van der Waals surface area (Å²) in [6, 6.07) is -20.8. The summed E-state index contributed by atoms with van der Waals surface area (Å²) >= 11 is 0. The minimum Gasteiger partial charge on any atom is -0.508 e. The van der Waals surface area contributed by atoms with Crippen LogP contribution in [-0.2, 0) is 92.7 Å². The lowest BCUT2D eigenvalue weighted by Crippen LogP contribution is -2.63. The van der Waals surface area contributed by atoms with Crippen LogP contribution in [0, 0.1) is 17.8 Å². The fraction of sp³-hybridized carbons (Fsp3) is 0.667. The molecule has 0 saturated heterocycles. The molecule has 17 atom stereocenters. The Balaban J connectivity index is 3.39. The number of phenolic OH excluding ortho intramolecular Hbond substituents is 1. The third kappa shape index (κ3) is 39.0. The molecule has 0 spiro atoms. The molecule has 32 N–H and O–H groups in total. The number of amides is 15. The van der Waals surface area contributed by atoms with Gasteiger partial charge in [-0.3, -0.25) is 81.5 Å². The van der Waals surface area contributed by atoms with Crippen molar-refractivity contribution in [2.75, 3.05) is 52.7 Å². The Morgan fingerprint density at radius 3 is 1.01 bits per heavy atom. The number of nitrogens with one attached hydrogen (secondary N) is 15. The Morgan fingerprint density at radius 1 is 0.345 bits per heavy atom. The second-order valence-corrected chi connectivity index (χ2v) is 29.1. The van der Waals surface area contributed by atoms with E-state index in [9.17, 15) is 137 Å². The summed E-state index contributed by atoms with van der Waals surface area (Å²) in [6.45, 7) is 4.71. The molecule has 0 aliphatic rings. The number of aliphatic hydroxyl groups is 7. The largest absolute Gasteiger partial charge is 0.508 e. The lowest BCUT2D eigenvalue weighted by atomic mass is 9.99. The number of hydrogen-bond acceptors (Lipinski definition) is 29. The third-order valence-corrected chi connectivity index (χ3v) is 17.9. The summed E-state index contributed by atoms with van der Waals surface area (Å²) in [6.07, 6.45) is -6.07. The molecular formula is C72H120N18O29. The summed E-state index contributed by atoms with van der Waals surface area (Å²) in [5, 5.41) is 145. The van der Waals surface area contributed by atoms with E-state index in [0.717, 1.165) is 13.8 Å². The van der Waals surface area contributed by atoms with Gasteiger partial charge in [0.2, 0.25) is 88.6 Å². The van der Waals surface area contributed by atoms with Crippen LogP contribution >= 0.6 is 0 Å². The van der Waals surface area contributed by atoms with Gasteiger partial charge in [-0.05, 0) is 120 Å². The van der Waals surface area contributed by atoms with Crippen molar-refractivity contribution in [1.82, 2.24) is 79.8 Å². The van der Waals surface area contributed by atoms with Gasteiger partial charge in [0.1, 0.15) is 90.3 Å². The maximum atomic E-state index is 14.1. The molecular weight excluding hydrogens is 1580 g/mol. The van der Waals surface area contributed by atoms with E-state index in [0.29, 0.717) is 5.56 Å². The first kappa shape index (κ1) is 106. The molecule has 1 aromatic rings. The topological polar surface area (TPSA) is 788 Å². The van der Waals surface area contributed by atoms with Gasteiger partial charge in [-0.2, -0.15) is 0 Å². The van der Waals surface area contributed by atoms with Crippen LogP contribution in [0.3, 0.4) is 0 Å². The predicted octanol–water partition coefficient (Wildman–Crippen LogP) is -11.7. The lowest BCUT2D eigenvalue weighted by molar-refractivity contribution is -0.143. The molecule has 47 nitrogen and oxygen atoms in total. The molecule has 0 saturated carbocycles. The van der Waals surface area contributed by atoms with Crippen molar-refractivity contribution in [2.45, 2.75) is 235 Å². The summed E-state index contributed by atoms with van der Waals surface area (Å²) in [4.78, 5) is 239. The van der Waals surface area contributed by atoms with Crippen molar-refractivity contribution < 1.29 is 142 Å². The zero-order chi connectivity index (χ0) is 90.7.